The Morgan fingerprint density at radius 2 is 2.15 bits per heavy atom. The molecule has 5 nitrogen and oxygen atoms in total. The van der Waals surface area contributed by atoms with E-state index in [4.69, 9.17) is 19.9 Å². The number of aryl methyl sites for hydroxylation is 1. The summed E-state index contributed by atoms with van der Waals surface area (Å²) in [7, 11) is 1.70. The predicted molar refractivity (Wildman–Crippen MR) is 78.2 cm³/mol. The molecule has 112 valence electrons. The van der Waals surface area contributed by atoms with Crippen LogP contribution in [0.4, 0.5) is 0 Å². The Hall–Kier alpha value is -1.30. The summed E-state index contributed by atoms with van der Waals surface area (Å²) in [6.07, 6.45) is 1.91. The lowest BCUT2D eigenvalue weighted by molar-refractivity contribution is 0.174. The number of nitrogens with two attached hydrogens (primary N) is 1. The summed E-state index contributed by atoms with van der Waals surface area (Å²) < 4.78 is 15.8. The molecular weight excluding hydrogens is 256 g/mol. The highest BCUT2D eigenvalue weighted by Gasteiger charge is 2.22. The highest BCUT2D eigenvalue weighted by atomic mass is 16.7. The van der Waals surface area contributed by atoms with E-state index in [1.54, 1.807) is 7.11 Å². The fraction of sp³-hybridized carbons (Fsp3) is 0.600. The Bertz CT molecular complexity index is 439. The first kappa shape index (κ1) is 15.1. The highest BCUT2D eigenvalue weighted by molar-refractivity contribution is 5.44. The van der Waals surface area contributed by atoms with Crippen LogP contribution in [-0.4, -0.2) is 39.1 Å². The van der Waals surface area contributed by atoms with Gasteiger partial charge < -0.3 is 25.3 Å². The molecule has 0 radical (unpaired) electrons. The number of hydrogen-bond acceptors (Lipinski definition) is 5. The number of hydrogen-bond donors (Lipinski definition) is 2. The van der Waals surface area contributed by atoms with Gasteiger partial charge in [0.05, 0.1) is 6.61 Å². The second-order valence-electron chi connectivity index (χ2n) is 5.37. The van der Waals surface area contributed by atoms with Crippen molar-refractivity contribution in [1.29, 1.82) is 0 Å². The first-order valence-corrected chi connectivity index (χ1v) is 6.99. The van der Waals surface area contributed by atoms with Crippen LogP contribution in [0.5, 0.6) is 11.5 Å². The lowest BCUT2D eigenvalue weighted by atomic mass is 9.93. The van der Waals surface area contributed by atoms with Crippen LogP contribution in [0.3, 0.4) is 0 Å². The van der Waals surface area contributed by atoms with Crippen LogP contribution in [0.25, 0.3) is 0 Å². The summed E-state index contributed by atoms with van der Waals surface area (Å²) in [6, 6.07) is 6.10. The van der Waals surface area contributed by atoms with Gasteiger partial charge in [-0.1, -0.05) is 6.07 Å². The lowest BCUT2D eigenvalue weighted by Gasteiger charge is -2.29. The minimum atomic E-state index is -0.0745. The maximum Gasteiger partial charge on any atom is 0.231 e. The smallest absolute Gasteiger partial charge is 0.231 e. The molecule has 0 aliphatic carbocycles. The van der Waals surface area contributed by atoms with Gasteiger partial charge in [-0.2, -0.15) is 0 Å². The Labute approximate surface area is 120 Å². The molecule has 1 atom stereocenters. The predicted octanol–water partition coefficient (Wildman–Crippen LogP) is 1.30. The molecule has 2 rings (SSSR count). The number of methoxy groups -OCH3 is 1. The van der Waals surface area contributed by atoms with Crippen LogP contribution in [0.1, 0.15) is 18.9 Å². The fourth-order valence-corrected chi connectivity index (χ4v) is 2.23. The van der Waals surface area contributed by atoms with Gasteiger partial charge in [-0.15, -0.1) is 0 Å². The first-order valence-electron chi connectivity index (χ1n) is 6.99. The van der Waals surface area contributed by atoms with Crippen molar-refractivity contribution in [2.75, 3.05) is 33.6 Å². The van der Waals surface area contributed by atoms with Gasteiger partial charge in [0.1, 0.15) is 0 Å². The fourth-order valence-electron chi connectivity index (χ4n) is 2.23. The molecule has 1 aromatic carbocycles. The van der Waals surface area contributed by atoms with Gasteiger partial charge >= 0.3 is 0 Å². The molecule has 0 saturated carbocycles. The molecule has 1 aliphatic rings. The van der Waals surface area contributed by atoms with Gasteiger partial charge in [0.25, 0.3) is 0 Å². The maximum absolute atomic E-state index is 5.90. The summed E-state index contributed by atoms with van der Waals surface area (Å²) in [6.45, 7) is 4.57. The van der Waals surface area contributed by atoms with E-state index >= 15 is 0 Å². The second kappa shape index (κ2) is 6.92. The Morgan fingerprint density at radius 3 is 2.90 bits per heavy atom. The van der Waals surface area contributed by atoms with Crippen molar-refractivity contribution in [2.24, 2.45) is 5.73 Å². The summed E-state index contributed by atoms with van der Waals surface area (Å²) in [5, 5.41) is 3.46. The van der Waals surface area contributed by atoms with Gasteiger partial charge in [0.15, 0.2) is 11.5 Å². The highest BCUT2D eigenvalue weighted by Crippen LogP contribution is 2.33. The van der Waals surface area contributed by atoms with Crippen LogP contribution in [0.15, 0.2) is 18.2 Å². The number of rotatable bonds is 8. The van der Waals surface area contributed by atoms with Gasteiger partial charge in [0.2, 0.25) is 6.79 Å². The molecule has 3 N–H and O–H groups in total. The van der Waals surface area contributed by atoms with Crippen molar-refractivity contribution in [3.8, 4) is 11.5 Å². The second-order valence-corrected chi connectivity index (χ2v) is 5.37. The molecule has 5 heteroatoms. The van der Waals surface area contributed by atoms with Crippen LogP contribution in [0.2, 0.25) is 0 Å². The van der Waals surface area contributed by atoms with E-state index < -0.39 is 0 Å². The van der Waals surface area contributed by atoms with E-state index in [1.165, 1.54) is 5.56 Å². The largest absolute Gasteiger partial charge is 0.454 e. The minimum absolute atomic E-state index is 0.0745. The summed E-state index contributed by atoms with van der Waals surface area (Å²) in [4.78, 5) is 0. The zero-order chi connectivity index (χ0) is 14.4. The molecular formula is C15H24N2O3. The van der Waals surface area contributed by atoms with Crippen LogP contribution in [0, 0.1) is 0 Å². The van der Waals surface area contributed by atoms with Gasteiger partial charge in [-0.05, 0) is 37.5 Å². The third-order valence-electron chi connectivity index (χ3n) is 3.71. The molecule has 0 fully saturated rings. The van der Waals surface area contributed by atoms with E-state index in [1.807, 2.05) is 6.07 Å². The van der Waals surface area contributed by atoms with E-state index in [0.717, 1.165) is 30.9 Å². The van der Waals surface area contributed by atoms with Crippen LogP contribution in [-0.2, 0) is 11.2 Å². The monoisotopic (exact) mass is 280 g/mol. The molecule has 0 spiro atoms. The standard InChI is InChI=1S/C15H24N2O3/c1-15(10-16,17-7-8-18-2)6-5-12-3-4-13-14(9-12)20-11-19-13/h3-4,9,17H,5-8,10-11,16H2,1-2H3. The number of ether oxygens (including phenoxy) is 3. The van der Waals surface area contributed by atoms with Crippen molar-refractivity contribution < 1.29 is 14.2 Å². The number of fused-ring (bicyclic) bond motifs is 1. The maximum atomic E-state index is 5.90. The average molecular weight is 280 g/mol. The topological polar surface area (TPSA) is 65.7 Å². The molecule has 0 amide bonds. The van der Waals surface area contributed by atoms with Gasteiger partial charge in [-0.3, -0.25) is 0 Å². The Balaban J connectivity index is 1.89. The lowest BCUT2D eigenvalue weighted by Crippen LogP contribution is -2.50. The van der Waals surface area contributed by atoms with E-state index in [9.17, 15) is 0 Å². The third-order valence-corrected chi connectivity index (χ3v) is 3.71. The summed E-state index contributed by atoms with van der Waals surface area (Å²) >= 11 is 0. The molecule has 0 bridgehead atoms. The quantitative estimate of drug-likeness (QED) is 0.703. The number of benzene rings is 1. The number of nitrogens with one attached hydrogen (secondary N) is 1. The SMILES string of the molecule is COCCNC(C)(CN)CCc1ccc2c(c1)OCO2. The normalized spacial score (nSPS) is 16.1. The molecule has 1 unspecified atom stereocenters. The Morgan fingerprint density at radius 1 is 1.35 bits per heavy atom. The van der Waals surface area contributed by atoms with Gasteiger partial charge in [-0.25, -0.2) is 0 Å². The zero-order valence-corrected chi connectivity index (χ0v) is 12.3. The molecule has 1 aliphatic heterocycles. The summed E-state index contributed by atoms with van der Waals surface area (Å²) in [5.74, 6) is 1.66. The summed E-state index contributed by atoms with van der Waals surface area (Å²) in [5.41, 5.74) is 7.06. The van der Waals surface area contributed by atoms with Crippen molar-refractivity contribution in [3.63, 3.8) is 0 Å². The van der Waals surface area contributed by atoms with Crippen LogP contribution >= 0.6 is 0 Å². The Kier molecular flexibility index (Phi) is 5.23. The van der Waals surface area contributed by atoms with E-state index in [2.05, 4.69) is 24.4 Å². The first-order chi connectivity index (χ1) is 9.67. The average Bonchev–Trinajstić information content (AvgIpc) is 2.93. The zero-order valence-electron chi connectivity index (χ0n) is 12.3. The van der Waals surface area contributed by atoms with Crippen molar-refractivity contribution >= 4 is 0 Å². The van der Waals surface area contributed by atoms with Crippen molar-refractivity contribution in [3.05, 3.63) is 23.8 Å². The molecule has 0 saturated heterocycles. The van der Waals surface area contributed by atoms with Crippen molar-refractivity contribution in [2.45, 2.75) is 25.3 Å². The molecule has 1 aromatic rings. The molecule has 1 heterocycles. The molecule has 0 aromatic heterocycles. The van der Waals surface area contributed by atoms with Gasteiger partial charge in [0, 0.05) is 25.7 Å². The van der Waals surface area contributed by atoms with Crippen molar-refractivity contribution in [1.82, 2.24) is 5.32 Å². The molecule has 20 heavy (non-hydrogen) atoms. The van der Waals surface area contributed by atoms with E-state index in [-0.39, 0.29) is 5.54 Å². The van der Waals surface area contributed by atoms with E-state index in [0.29, 0.717) is 19.9 Å². The third kappa shape index (κ3) is 3.85. The van der Waals surface area contributed by atoms with Crippen LogP contribution < -0.4 is 20.5 Å². The minimum Gasteiger partial charge on any atom is -0.454 e.